The Morgan fingerprint density at radius 2 is 1.86 bits per heavy atom. The van der Waals surface area contributed by atoms with E-state index in [4.69, 9.17) is 10.00 Å². The normalized spacial score (nSPS) is 9.52. The molecule has 0 aliphatic carbocycles. The van der Waals surface area contributed by atoms with Crippen molar-refractivity contribution < 1.29 is 13.9 Å². The molecule has 0 fully saturated rings. The smallest absolute Gasteiger partial charge is 0.323 e. The fourth-order valence-corrected chi connectivity index (χ4v) is 1.62. The first-order valence-electron chi connectivity index (χ1n) is 6.11. The average molecular weight is 285 g/mol. The maximum absolute atomic E-state index is 12.8. The van der Waals surface area contributed by atoms with Crippen LogP contribution in [0.25, 0.3) is 0 Å². The second kappa shape index (κ2) is 6.91. The molecule has 0 spiro atoms. The zero-order valence-electron chi connectivity index (χ0n) is 11.0. The van der Waals surface area contributed by atoms with E-state index in [1.54, 1.807) is 24.3 Å². The van der Waals surface area contributed by atoms with Crippen LogP contribution in [0.2, 0.25) is 0 Å². The van der Waals surface area contributed by atoms with Crippen LogP contribution in [0, 0.1) is 17.1 Å². The van der Waals surface area contributed by atoms with Crippen molar-refractivity contribution in [3.8, 4) is 11.8 Å². The van der Waals surface area contributed by atoms with Gasteiger partial charge >= 0.3 is 6.03 Å². The summed E-state index contributed by atoms with van der Waals surface area (Å²) in [6.45, 7) is -0.113. The molecule has 2 amide bonds. The summed E-state index contributed by atoms with van der Waals surface area (Å²) >= 11 is 0. The third-order valence-corrected chi connectivity index (χ3v) is 2.53. The number of ether oxygens (including phenoxy) is 1. The van der Waals surface area contributed by atoms with Crippen molar-refractivity contribution in [3.05, 3.63) is 54.3 Å². The van der Waals surface area contributed by atoms with Crippen LogP contribution in [0.4, 0.5) is 20.6 Å². The number of halogens is 1. The number of anilines is 2. The van der Waals surface area contributed by atoms with E-state index in [9.17, 15) is 9.18 Å². The molecule has 2 N–H and O–H groups in total. The Labute approximate surface area is 121 Å². The standard InChI is InChI=1S/C15H12FN3O2/c16-11-5-7-12(8-6-11)18-15(20)19-13-3-1-2-4-14(13)21-10-9-17/h1-8H,10H2,(H2,18,19,20). The van der Waals surface area contributed by atoms with Gasteiger partial charge in [-0.15, -0.1) is 0 Å². The van der Waals surface area contributed by atoms with Gasteiger partial charge in [-0.25, -0.2) is 9.18 Å². The minimum atomic E-state index is -0.491. The topological polar surface area (TPSA) is 74.1 Å². The second-order valence-electron chi connectivity index (χ2n) is 4.03. The number of nitriles is 1. The van der Waals surface area contributed by atoms with Crippen molar-refractivity contribution in [2.75, 3.05) is 17.2 Å². The van der Waals surface area contributed by atoms with E-state index in [0.717, 1.165) is 0 Å². The van der Waals surface area contributed by atoms with Gasteiger partial charge in [0.1, 0.15) is 17.6 Å². The fraction of sp³-hybridized carbons (Fsp3) is 0.0667. The van der Waals surface area contributed by atoms with Gasteiger partial charge < -0.3 is 15.4 Å². The molecule has 2 aromatic rings. The van der Waals surface area contributed by atoms with Crippen LogP contribution in [0.5, 0.6) is 5.75 Å². The zero-order valence-corrected chi connectivity index (χ0v) is 11.0. The molecule has 106 valence electrons. The summed E-state index contributed by atoms with van der Waals surface area (Å²) in [7, 11) is 0. The lowest BCUT2D eigenvalue weighted by molar-refractivity contribution is 0.262. The molecule has 0 unspecified atom stereocenters. The number of hydrogen-bond donors (Lipinski definition) is 2. The molecule has 0 aliphatic rings. The minimum Gasteiger partial charge on any atom is -0.477 e. The molecule has 0 heterocycles. The maximum Gasteiger partial charge on any atom is 0.323 e. The summed E-state index contributed by atoms with van der Waals surface area (Å²) in [5, 5.41) is 13.7. The Bertz CT molecular complexity index is 665. The van der Waals surface area contributed by atoms with E-state index in [0.29, 0.717) is 17.1 Å². The number of carbonyl (C=O) groups excluding carboxylic acids is 1. The van der Waals surface area contributed by atoms with E-state index in [1.807, 2.05) is 6.07 Å². The highest BCUT2D eigenvalue weighted by molar-refractivity contribution is 6.00. The SMILES string of the molecule is N#CCOc1ccccc1NC(=O)Nc1ccc(F)cc1. The van der Waals surface area contributed by atoms with Gasteiger partial charge in [-0.05, 0) is 36.4 Å². The number of rotatable bonds is 4. The minimum absolute atomic E-state index is 0.113. The van der Waals surface area contributed by atoms with Gasteiger partial charge in [0.2, 0.25) is 0 Å². The van der Waals surface area contributed by atoms with Gasteiger partial charge in [0, 0.05) is 5.69 Å². The van der Waals surface area contributed by atoms with Gasteiger partial charge in [-0.1, -0.05) is 12.1 Å². The predicted octanol–water partition coefficient (Wildman–Crippen LogP) is 3.37. The third kappa shape index (κ3) is 4.21. The van der Waals surface area contributed by atoms with Gasteiger partial charge in [0.05, 0.1) is 5.69 Å². The molecule has 0 aliphatic heterocycles. The number of urea groups is 1. The van der Waals surface area contributed by atoms with Crippen molar-refractivity contribution in [1.29, 1.82) is 5.26 Å². The van der Waals surface area contributed by atoms with Crippen molar-refractivity contribution in [2.45, 2.75) is 0 Å². The van der Waals surface area contributed by atoms with Crippen LogP contribution in [0.1, 0.15) is 0 Å². The highest BCUT2D eigenvalue weighted by Gasteiger charge is 2.07. The summed E-state index contributed by atoms with van der Waals surface area (Å²) in [5.41, 5.74) is 0.900. The third-order valence-electron chi connectivity index (χ3n) is 2.53. The van der Waals surface area contributed by atoms with Crippen molar-refractivity contribution in [3.63, 3.8) is 0 Å². The van der Waals surface area contributed by atoms with E-state index >= 15 is 0 Å². The molecule has 2 rings (SSSR count). The van der Waals surface area contributed by atoms with Gasteiger partial charge in [-0.3, -0.25) is 0 Å². The first-order valence-corrected chi connectivity index (χ1v) is 6.11. The molecule has 0 saturated heterocycles. The molecular formula is C15H12FN3O2. The molecule has 0 radical (unpaired) electrons. The number of nitrogens with zero attached hydrogens (tertiary/aromatic N) is 1. The fourth-order valence-electron chi connectivity index (χ4n) is 1.62. The largest absolute Gasteiger partial charge is 0.477 e. The highest BCUT2D eigenvalue weighted by Crippen LogP contribution is 2.23. The Morgan fingerprint density at radius 1 is 1.14 bits per heavy atom. The molecule has 21 heavy (non-hydrogen) atoms. The molecule has 0 aromatic heterocycles. The summed E-state index contributed by atoms with van der Waals surface area (Å²) in [6, 6.07) is 13.5. The second-order valence-corrected chi connectivity index (χ2v) is 4.03. The van der Waals surface area contributed by atoms with Gasteiger partial charge in [0.15, 0.2) is 6.61 Å². The number of nitrogens with one attached hydrogen (secondary N) is 2. The van der Waals surface area contributed by atoms with Gasteiger partial charge in [-0.2, -0.15) is 5.26 Å². The molecular weight excluding hydrogens is 273 g/mol. The lowest BCUT2D eigenvalue weighted by atomic mass is 10.3. The monoisotopic (exact) mass is 285 g/mol. The summed E-state index contributed by atoms with van der Waals surface area (Å²) in [5.74, 6) is 0.0181. The molecule has 0 atom stereocenters. The number of hydrogen-bond acceptors (Lipinski definition) is 3. The molecule has 2 aromatic carbocycles. The Kier molecular flexibility index (Phi) is 4.72. The lowest BCUT2D eigenvalue weighted by Crippen LogP contribution is -2.19. The number of para-hydroxylation sites is 2. The Hall–Kier alpha value is -3.07. The first kappa shape index (κ1) is 14.3. The summed E-state index contributed by atoms with van der Waals surface area (Å²) in [6.07, 6.45) is 0. The van der Waals surface area contributed by atoms with Crippen molar-refractivity contribution in [1.82, 2.24) is 0 Å². The predicted molar refractivity (Wildman–Crippen MR) is 76.6 cm³/mol. The van der Waals surface area contributed by atoms with E-state index in [-0.39, 0.29) is 12.4 Å². The maximum atomic E-state index is 12.8. The van der Waals surface area contributed by atoms with E-state index in [1.165, 1.54) is 24.3 Å². The Balaban J connectivity index is 2.02. The van der Waals surface area contributed by atoms with E-state index < -0.39 is 6.03 Å². The van der Waals surface area contributed by atoms with Crippen LogP contribution in [0.3, 0.4) is 0 Å². The average Bonchev–Trinajstić information content (AvgIpc) is 2.49. The van der Waals surface area contributed by atoms with Crippen LogP contribution in [-0.4, -0.2) is 12.6 Å². The Morgan fingerprint density at radius 3 is 2.57 bits per heavy atom. The summed E-state index contributed by atoms with van der Waals surface area (Å²) in [4.78, 5) is 11.9. The van der Waals surface area contributed by atoms with Crippen molar-refractivity contribution >= 4 is 17.4 Å². The molecule has 0 saturated carbocycles. The number of amides is 2. The molecule has 0 bridgehead atoms. The quantitative estimate of drug-likeness (QED) is 0.904. The lowest BCUT2D eigenvalue weighted by Gasteiger charge is -2.11. The molecule has 6 heteroatoms. The number of carbonyl (C=O) groups is 1. The van der Waals surface area contributed by atoms with Crippen LogP contribution < -0.4 is 15.4 Å². The summed E-state index contributed by atoms with van der Waals surface area (Å²) < 4.78 is 18.0. The van der Waals surface area contributed by atoms with Crippen LogP contribution >= 0.6 is 0 Å². The van der Waals surface area contributed by atoms with E-state index in [2.05, 4.69) is 10.6 Å². The van der Waals surface area contributed by atoms with Crippen LogP contribution in [-0.2, 0) is 0 Å². The highest BCUT2D eigenvalue weighted by atomic mass is 19.1. The van der Waals surface area contributed by atoms with Crippen LogP contribution in [0.15, 0.2) is 48.5 Å². The first-order chi connectivity index (χ1) is 10.2. The van der Waals surface area contributed by atoms with Gasteiger partial charge in [0.25, 0.3) is 0 Å². The molecule has 5 nitrogen and oxygen atoms in total. The van der Waals surface area contributed by atoms with Crippen molar-refractivity contribution in [2.24, 2.45) is 0 Å². The number of benzene rings is 2. The zero-order chi connectivity index (χ0) is 15.1.